The summed E-state index contributed by atoms with van der Waals surface area (Å²) >= 11 is 5.60. The van der Waals surface area contributed by atoms with E-state index in [0.717, 1.165) is 37.3 Å². The third-order valence-corrected chi connectivity index (χ3v) is 5.53. The molecule has 5 nitrogen and oxygen atoms in total. The predicted molar refractivity (Wildman–Crippen MR) is 95.4 cm³/mol. The molecule has 2 N–H and O–H groups in total. The average Bonchev–Trinajstić information content (AvgIpc) is 2.80. The van der Waals surface area contributed by atoms with Crippen molar-refractivity contribution in [2.75, 3.05) is 42.0 Å². The summed E-state index contributed by atoms with van der Waals surface area (Å²) in [7, 11) is -3.29. The van der Waals surface area contributed by atoms with E-state index in [1.165, 1.54) is 19.1 Å². The van der Waals surface area contributed by atoms with E-state index in [0.29, 0.717) is 11.4 Å². The minimum Gasteiger partial charge on any atom is -0.390 e. The van der Waals surface area contributed by atoms with Crippen molar-refractivity contribution >= 4 is 32.8 Å². The van der Waals surface area contributed by atoms with Gasteiger partial charge in [-0.2, -0.15) is 0 Å². The largest absolute Gasteiger partial charge is 0.390 e. The van der Waals surface area contributed by atoms with E-state index in [1.807, 2.05) is 6.07 Å². The van der Waals surface area contributed by atoms with Crippen LogP contribution in [0.4, 0.5) is 11.4 Å². The van der Waals surface area contributed by atoms with Gasteiger partial charge in [0.15, 0.2) is 9.84 Å². The Kier molecular flexibility index (Phi) is 6.56. The lowest BCUT2D eigenvalue weighted by molar-refractivity contribution is 0.211. The lowest BCUT2D eigenvalue weighted by Crippen LogP contribution is -2.26. The summed E-state index contributed by atoms with van der Waals surface area (Å²) in [6.45, 7) is 2.08. The number of aliphatic hydroxyl groups is 1. The number of aliphatic hydroxyl groups excluding tert-OH is 1. The fourth-order valence-corrected chi connectivity index (χ4v) is 3.78. The molecule has 1 unspecified atom stereocenters. The molecule has 0 aliphatic carbocycles. The van der Waals surface area contributed by atoms with Gasteiger partial charge in [-0.15, -0.1) is 11.6 Å². The fourth-order valence-electron chi connectivity index (χ4n) is 2.79. The van der Waals surface area contributed by atoms with Gasteiger partial charge >= 0.3 is 0 Å². The van der Waals surface area contributed by atoms with E-state index >= 15 is 0 Å². The van der Waals surface area contributed by atoms with Crippen LogP contribution >= 0.6 is 11.6 Å². The summed E-state index contributed by atoms with van der Waals surface area (Å²) in [6.07, 6.45) is 5.13. The number of sulfone groups is 1. The number of hydrogen-bond donors (Lipinski definition) is 2. The SMILES string of the molecule is CS(=O)(=O)c1ccc(NCC(O)CCl)cc1N1CCCCCC1. The highest BCUT2D eigenvalue weighted by Crippen LogP contribution is 2.30. The van der Waals surface area contributed by atoms with Crippen molar-refractivity contribution < 1.29 is 13.5 Å². The van der Waals surface area contributed by atoms with Crippen LogP contribution in [0.15, 0.2) is 23.1 Å². The molecule has 2 rings (SSSR count). The van der Waals surface area contributed by atoms with E-state index in [2.05, 4.69) is 10.2 Å². The molecular weight excluding hydrogens is 336 g/mol. The molecule has 1 saturated heterocycles. The zero-order valence-corrected chi connectivity index (χ0v) is 15.0. The highest BCUT2D eigenvalue weighted by molar-refractivity contribution is 7.90. The third-order valence-electron chi connectivity index (χ3n) is 4.03. The number of alkyl halides is 1. The summed E-state index contributed by atoms with van der Waals surface area (Å²) in [5, 5.41) is 12.7. The summed E-state index contributed by atoms with van der Waals surface area (Å²) in [5.74, 6) is 0.160. The molecule has 1 fully saturated rings. The van der Waals surface area contributed by atoms with Gasteiger partial charge in [0.25, 0.3) is 0 Å². The van der Waals surface area contributed by atoms with Crippen LogP contribution in [-0.2, 0) is 9.84 Å². The minimum absolute atomic E-state index is 0.160. The molecule has 1 aromatic carbocycles. The van der Waals surface area contributed by atoms with Crippen molar-refractivity contribution in [1.29, 1.82) is 0 Å². The second-order valence-corrected chi connectivity index (χ2v) is 8.34. The molecule has 0 radical (unpaired) electrons. The third kappa shape index (κ3) is 5.26. The normalized spacial score (nSPS) is 17.6. The Morgan fingerprint density at radius 3 is 2.48 bits per heavy atom. The first-order valence-corrected chi connectivity index (χ1v) is 10.4. The van der Waals surface area contributed by atoms with Gasteiger partial charge in [-0.05, 0) is 31.0 Å². The molecule has 1 aliphatic rings. The standard InChI is InChI=1S/C16H25ClN2O3S/c1-23(21,22)16-7-6-13(18-12-14(20)11-17)10-15(16)19-8-4-2-3-5-9-19/h6-7,10,14,18,20H,2-5,8-9,11-12H2,1H3. The van der Waals surface area contributed by atoms with Crippen molar-refractivity contribution in [3.8, 4) is 0 Å². The lowest BCUT2D eigenvalue weighted by atomic mass is 10.2. The van der Waals surface area contributed by atoms with Gasteiger partial charge in [0, 0.05) is 31.6 Å². The summed E-state index contributed by atoms with van der Waals surface area (Å²) in [6, 6.07) is 5.24. The van der Waals surface area contributed by atoms with E-state index in [1.54, 1.807) is 12.1 Å². The molecule has 1 atom stereocenters. The molecule has 1 heterocycles. The number of benzene rings is 1. The van der Waals surface area contributed by atoms with Gasteiger partial charge in [-0.1, -0.05) is 12.8 Å². The van der Waals surface area contributed by atoms with Crippen molar-refractivity contribution in [2.24, 2.45) is 0 Å². The Labute approximate surface area is 143 Å². The zero-order chi connectivity index (χ0) is 16.9. The first-order chi connectivity index (χ1) is 10.9. The van der Waals surface area contributed by atoms with Gasteiger partial charge in [-0.25, -0.2) is 8.42 Å². The number of nitrogens with one attached hydrogen (secondary N) is 1. The topological polar surface area (TPSA) is 69.6 Å². The summed E-state index contributed by atoms with van der Waals surface area (Å²) < 4.78 is 24.2. The Morgan fingerprint density at radius 1 is 1.26 bits per heavy atom. The van der Waals surface area contributed by atoms with E-state index < -0.39 is 15.9 Å². The Morgan fingerprint density at radius 2 is 1.91 bits per heavy atom. The van der Waals surface area contributed by atoms with Crippen LogP contribution in [0.3, 0.4) is 0 Å². The highest BCUT2D eigenvalue weighted by Gasteiger charge is 2.20. The Hall–Kier alpha value is -0.980. The van der Waals surface area contributed by atoms with Gasteiger partial charge in [-0.3, -0.25) is 0 Å². The Bertz CT molecular complexity index is 614. The molecule has 7 heteroatoms. The second kappa shape index (κ2) is 8.22. The number of anilines is 2. The quantitative estimate of drug-likeness (QED) is 0.763. The van der Waals surface area contributed by atoms with Crippen LogP contribution in [0.5, 0.6) is 0 Å². The summed E-state index contributed by atoms with van der Waals surface area (Å²) in [4.78, 5) is 2.52. The number of nitrogens with zero attached hydrogens (tertiary/aromatic N) is 1. The maximum atomic E-state index is 12.1. The number of halogens is 1. The Balaban J connectivity index is 2.30. The van der Waals surface area contributed by atoms with Crippen LogP contribution in [-0.4, -0.2) is 51.4 Å². The first kappa shape index (κ1) is 18.4. The average molecular weight is 361 g/mol. The van der Waals surface area contributed by atoms with Crippen molar-refractivity contribution in [3.63, 3.8) is 0 Å². The molecule has 0 spiro atoms. The second-order valence-electron chi connectivity index (χ2n) is 6.04. The first-order valence-electron chi connectivity index (χ1n) is 7.99. The summed E-state index contributed by atoms with van der Waals surface area (Å²) in [5.41, 5.74) is 1.54. The fraction of sp³-hybridized carbons (Fsp3) is 0.625. The van der Waals surface area contributed by atoms with E-state index in [9.17, 15) is 13.5 Å². The van der Waals surface area contributed by atoms with Crippen LogP contribution in [0.25, 0.3) is 0 Å². The molecule has 1 aromatic rings. The van der Waals surface area contributed by atoms with Crippen molar-refractivity contribution in [2.45, 2.75) is 36.7 Å². The zero-order valence-electron chi connectivity index (χ0n) is 13.5. The number of rotatable bonds is 6. The molecule has 23 heavy (non-hydrogen) atoms. The van der Waals surface area contributed by atoms with Gasteiger partial charge in [0.1, 0.15) is 0 Å². The lowest BCUT2D eigenvalue weighted by Gasteiger charge is -2.26. The smallest absolute Gasteiger partial charge is 0.177 e. The van der Waals surface area contributed by atoms with Crippen LogP contribution in [0.1, 0.15) is 25.7 Å². The molecule has 0 saturated carbocycles. The maximum Gasteiger partial charge on any atom is 0.177 e. The maximum absolute atomic E-state index is 12.1. The molecule has 130 valence electrons. The van der Waals surface area contributed by atoms with Gasteiger partial charge < -0.3 is 15.3 Å². The van der Waals surface area contributed by atoms with E-state index in [4.69, 9.17) is 11.6 Å². The highest BCUT2D eigenvalue weighted by atomic mass is 35.5. The predicted octanol–water partition coefficient (Wildman–Crippen LogP) is 2.48. The monoisotopic (exact) mass is 360 g/mol. The van der Waals surface area contributed by atoms with Crippen LogP contribution < -0.4 is 10.2 Å². The molecular formula is C16H25ClN2O3S. The molecule has 0 aromatic heterocycles. The number of hydrogen-bond acceptors (Lipinski definition) is 5. The van der Waals surface area contributed by atoms with Crippen LogP contribution in [0.2, 0.25) is 0 Å². The molecule has 0 amide bonds. The molecule has 1 aliphatic heterocycles. The minimum atomic E-state index is -3.29. The van der Waals surface area contributed by atoms with E-state index in [-0.39, 0.29) is 5.88 Å². The van der Waals surface area contributed by atoms with Gasteiger partial charge in [0.05, 0.1) is 22.6 Å². The van der Waals surface area contributed by atoms with Gasteiger partial charge in [0.2, 0.25) is 0 Å². The molecule has 0 bridgehead atoms. The van der Waals surface area contributed by atoms with Crippen molar-refractivity contribution in [3.05, 3.63) is 18.2 Å². The van der Waals surface area contributed by atoms with Crippen LogP contribution in [0, 0.1) is 0 Å². The van der Waals surface area contributed by atoms with Crippen molar-refractivity contribution in [1.82, 2.24) is 0 Å².